The molecule has 7 heteroatoms. The van der Waals surface area contributed by atoms with E-state index in [-0.39, 0.29) is 5.91 Å². The lowest BCUT2D eigenvalue weighted by molar-refractivity contribution is 0.102. The lowest BCUT2D eigenvalue weighted by atomic mass is 10.1. The van der Waals surface area contributed by atoms with Crippen molar-refractivity contribution < 1.29 is 4.79 Å². The minimum Gasteiger partial charge on any atom is -0.289 e. The first-order valence-electron chi connectivity index (χ1n) is 9.50. The molecule has 144 valence electrons. The molecule has 1 aliphatic rings. The van der Waals surface area contributed by atoms with E-state index in [2.05, 4.69) is 31.3 Å². The maximum atomic E-state index is 13.0. The van der Waals surface area contributed by atoms with E-state index in [0.29, 0.717) is 24.0 Å². The number of anilines is 1. The number of hydrogen-bond donors (Lipinski definition) is 1. The van der Waals surface area contributed by atoms with E-state index in [9.17, 15) is 4.79 Å². The molecule has 0 radical (unpaired) electrons. The summed E-state index contributed by atoms with van der Waals surface area (Å²) in [6.07, 6.45) is 3.89. The highest BCUT2D eigenvalue weighted by Gasteiger charge is 2.27. The third-order valence-electron chi connectivity index (χ3n) is 4.97. The average Bonchev–Trinajstić information content (AvgIpc) is 3.48. The molecule has 2 heterocycles. The second kappa shape index (κ2) is 7.40. The summed E-state index contributed by atoms with van der Waals surface area (Å²) in [6, 6.07) is 17.7. The minimum absolute atomic E-state index is 0.217. The van der Waals surface area contributed by atoms with E-state index in [1.807, 2.05) is 54.6 Å². The summed E-state index contributed by atoms with van der Waals surface area (Å²) in [7, 11) is 0. The molecule has 1 amide bonds. The zero-order valence-electron chi connectivity index (χ0n) is 15.5. The quantitative estimate of drug-likeness (QED) is 0.478. The Morgan fingerprint density at radius 3 is 2.83 bits per heavy atom. The number of halogens is 1. The van der Waals surface area contributed by atoms with Crippen molar-refractivity contribution in [3.63, 3.8) is 0 Å². The molecule has 1 aliphatic carbocycles. The molecule has 1 saturated carbocycles. The van der Waals surface area contributed by atoms with Crippen LogP contribution in [0.4, 0.5) is 5.95 Å². The summed E-state index contributed by atoms with van der Waals surface area (Å²) < 4.78 is 2.72. The van der Waals surface area contributed by atoms with Crippen LogP contribution in [0.5, 0.6) is 0 Å². The Labute approximate surface area is 176 Å². The molecular formula is C22H18BrN5O. The van der Waals surface area contributed by atoms with Gasteiger partial charge in [0.05, 0.1) is 17.6 Å². The lowest BCUT2D eigenvalue weighted by Crippen LogP contribution is -2.15. The number of pyridine rings is 1. The van der Waals surface area contributed by atoms with Crippen LogP contribution in [0, 0.1) is 0 Å². The Balaban J connectivity index is 1.39. The number of para-hydroxylation sites is 1. The number of carbonyl (C=O) groups excluding carboxylic acids is 1. The fourth-order valence-corrected chi connectivity index (χ4v) is 3.84. The van der Waals surface area contributed by atoms with E-state index in [1.54, 1.807) is 11.0 Å². The maximum absolute atomic E-state index is 13.0. The molecule has 0 atom stereocenters. The monoisotopic (exact) mass is 447 g/mol. The number of aromatic nitrogens is 4. The van der Waals surface area contributed by atoms with Gasteiger partial charge >= 0.3 is 0 Å². The number of amides is 1. The van der Waals surface area contributed by atoms with Crippen LogP contribution in [0.25, 0.3) is 10.9 Å². The summed E-state index contributed by atoms with van der Waals surface area (Å²) >= 11 is 3.47. The number of nitrogens with one attached hydrogen (secondary N) is 1. The van der Waals surface area contributed by atoms with Crippen molar-refractivity contribution in [3.8, 4) is 0 Å². The van der Waals surface area contributed by atoms with E-state index in [0.717, 1.165) is 39.5 Å². The van der Waals surface area contributed by atoms with Crippen molar-refractivity contribution in [2.75, 3.05) is 5.32 Å². The molecule has 6 nitrogen and oxygen atoms in total. The molecular weight excluding hydrogens is 430 g/mol. The lowest BCUT2D eigenvalue weighted by Gasteiger charge is -2.08. The van der Waals surface area contributed by atoms with Gasteiger partial charge in [0.15, 0.2) is 0 Å². The first kappa shape index (κ1) is 18.0. The number of nitrogens with zero attached hydrogens (tertiary/aromatic N) is 4. The smallest absolute Gasteiger partial charge is 0.258 e. The van der Waals surface area contributed by atoms with Crippen molar-refractivity contribution >= 4 is 38.7 Å². The maximum Gasteiger partial charge on any atom is 0.258 e. The second-order valence-corrected chi connectivity index (χ2v) is 8.15. The van der Waals surface area contributed by atoms with Crippen molar-refractivity contribution in [1.82, 2.24) is 19.7 Å². The number of rotatable bonds is 5. The second-order valence-electron chi connectivity index (χ2n) is 7.24. The normalized spacial score (nSPS) is 13.6. The number of hydrogen-bond acceptors (Lipinski definition) is 4. The van der Waals surface area contributed by atoms with Gasteiger partial charge in [-0.05, 0) is 42.7 Å². The highest BCUT2D eigenvalue weighted by molar-refractivity contribution is 9.10. The van der Waals surface area contributed by atoms with Gasteiger partial charge in [0.2, 0.25) is 5.95 Å². The molecule has 0 bridgehead atoms. The van der Waals surface area contributed by atoms with Gasteiger partial charge < -0.3 is 0 Å². The van der Waals surface area contributed by atoms with Crippen LogP contribution < -0.4 is 5.32 Å². The van der Waals surface area contributed by atoms with Crippen LogP contribution in [0.3, 0.4) is 0 Å². The predicted molar refractivity (Wildman–Crippen MR) is 115 cm³/mol. The van der Waals surface area contributed by atoms with Gasteiger partial charge in [-0.15, -0.1) is 5.10 Å². The highest BCUT2D eigenvalue weighted by atomic mass is 79.9. The first-order chi connectivity index (χ1) is 14.2. The van der Waals surface area contributed by atoms with Crippen molar-refractivity contribution in [2.24, 2.45) is 0 Å². The third-order valence-corrected chi connectivity index (χ3v) is 5.46. The molecule has 5 rings (SSSR count). The number of fused-ring (bicyclic) bond motifs is 1. The molecule has 1 fully saturated rings. The fourth-order valence-electron chi connectivity index (χ4n) is 3.39. The molecule has 0 spiro atoms. The SMILES string of the molecule is O=C(Nc1ncn(Cc2cccc(Br)c2)n1)c1cc(C2CC2)nc2ccccc12. The van der Waals surface area contributed by atoms with Gasteiger partial charge in [-0.1, -0.05) is 46.3 Å². The van der Waals surface area contributed by atoms with Crippen LogP contribution in [-0.2, 0) is 6.54 Å². The Bertz CT molecular complexity index is 1210. The van der Waals surface area contributed by atoms with Gasteiger partial charge in [-0.25, -0.2) is 9.67 Å². The Kier molecular flexibility index (Phi) is 4.60. The fraction of sp³-hybridized carbons (Fsp3) is 0.182. The minimum atomic E-state index is -0.217. The van der Waals surface area contributed by atoms with Crippen molar-refractivity contribution in [3.05, 3.63) is 82.2 Å². The van der Waals surface area contributed by atoms with Crippen LogP contribution in [-0.4, -0.2) is 25.7 Å². The summed E-state index contributed by atoms with van der Waals surface area (Å²) in [5.74, 6) is 0.540. The molecule has 0 aliphatic heterocycles. The summed E-state index contributed by atoms with van der Waals surface area (Å²) in [6.45, 7) is 0.576. The summed E-state index contributed by atoms with van der Waals surface area (Å²) in [4.78, 5) is 22.0. The van der Waals surface area contributed by atoms with E-state index in [1.165, 1.54) is 0 Å². The highest BCUT2D eigenvalue weighted by Crippen LogP contribution is 2.40. The molecule has 4 aromatic rings. The first-order valence-corrected chi connectivity index (χ1v) is 10.3. The molecule has 2 aromatic carbocycles. The Morgan fingerprint density at radius 1 is 1.14 bits per heavy atom. The van der Waals surface area contributed by atoms with Crippen LogP contribution in [0.15, 0.2) is 65.4 Å². The average molecular weight is 448 g/mol. The van der Waals surface area contributed by atoms with Gasteiger partial charge in [-0.2, -0.15) is 0 Å². The van der Waals surface area contributed by atoms with E-state index in [4.69, 9.17) is 4.98 Å². The molecule has 0 unspecified atom stereocenters. The molecule has 0 saturated heterocycles. The largest absolute Gasteiger partial charge is 0.289 e. The zero-order chi connectivity index (χ0) is 19.8. The Morgan fingerprint density at radius 2 is 2.00 bits per heavy atom. The zero-order valence-corrected chi connectivity index (χ0v) is 17.1. The number of carbonyl (C=O) groups is 1. The molecule has 2 aromatic heterocycles. The molecule has 29 heavy (non-hydrogen) atoms. The van der Waals surface area contributed by atoms with Crippen molar-refractivity contribution in [1.29, 1.82) is 0 Å². The van der Waals surface area contributed by atoms with Gasteiger partial charge in [0, 0.05) is 21.5 Å². The van der Waals surface area contributed by atoms with Crippen LogP contribution in [0.2, 0.25) is 0 Å². The predicted octanol–water partition coefficient (Wildman–Crippen LogP) is 4.77. The standard InChI is InChI=1S/C22H18BrN5O/c23-16-5-3-4-14(10-16)12-28-13-24-22(27-28)26-21(29)18-11-20(15-8-9-15)25-19-7-2-1-6-17(18)19/h1-7,10-11,13,15H,8-9,12H2,(H,26,27,29). The van der Waals surface area contributed by atoms with Crippen molar-refractivity contribution in [2.45, 2.75) is 25.3 Å². The summed E-state index contributed by atoms with van der Waals surface area (Å²) in [5.41, 5.74) is 3.54. The van der Waals surface area contributed by atoms with Gasteiger partial charge in [0.1, 0.15) is 6.33 Å². The van der Waals surface area contributed by atoms with Crippen LogP contribution >= 0.6 is 15.9 Å². The van der Waals surface area contributed by atoms with E-state index >= 15 is 0 Å². The number of benzene rings is 2. The van der Waals surface area contributed by atoms with E-state index < -0.39 is 0 Å². The van der Waals surface area contributed by atoms with Gasteiger partial charge in [-0.3, -0.25) is 15.1 Å². The van der Waals surface area contributed by atoms with Gasteiger partial charge in [0.25, 0.3) is 5.91 Å². The summed E-state index contributed by atoms with van der Waals surface area (Å²) in [5, 5.41) is 8.06. The third kappa shape index (κ3) is 3.91. The van der Waals surface area contributed by atoms with Crippen LogP contribution in [0.1, 0.15) is 40.4 Å². The topological polar surface area (TPSA) is 72.7 Å². The Hall–Kier alpha value is -3.06. The molecule has 1 N–H and O–H groups in total.